The second-order valence-electron chi connectivity index (χ2n) is 8.83. The molecule has 38 heavy (non-hydrogen) atoms. The molecule has 10 heteroatoms. The summed E-state index contributed by atoms with van der Waals surface area (Å²) in [4.78, 5) is 41.8. The van der Waals surface area contributed by atoms with Crippen LogP contribution < -0.4 is 9.47 Å². The minimum absolute atomic E-state index is 0.0926. The molecular weight excluding hydrogens is 506 g/mol. The maximum atomic E-state index is 13.6. The highest BCUT2D eigenvalue weighted by Gasteiger charge is 2.26. The number of rotatable bonds is 13. The van der Waals surface area contributed by atoms with Gasteiger partial charge in [0.15, 0.2) is 11.5 Å². The summed E-state index contributed by atoms with van der Waals surface area (Å²) in [5.74, 6) is 0.752. The third-order valence-electron chi connectivity index (χ3n) is 6.41. The first kappa shape index (κ1) is 28.6. The predicted molar refractivity (Wildman–Crippen MR) is 147 cm³/mol. The summed E-state index contributed by atoms with van der Waals surface area (Å²) < 4.78 is 10.7. The number of hydrogen-bond donors (Lipinski definition) is 0. The fourth-order valence-corrected chi connectivity index (χ4v) is 4.69. The molecule has 2 amide bonds. The fraction of sp³-hybridized carbons (Fsp3) is 0.357. The largest absolute Gasteiger partial charge is 0.493 e. The van der Waals surface area contributed by atoms with E-state index in [-0.39, 0.29) is 30.1 Å². The molecule has 1 atom stereocenters. The van der Waals surface area contributed by atoms with Crippen LogP contribution >= 0.6 is 11.3 Å². The normalized spacial score (nSPS) is 11.5. The Morgan fingerprint density at radius 1 is 1.05 bits per heavy atom. The molecule has 0 N–H and O–H groups in total. The Morgan fingerprint density at radius 2 is 1.76 bits per heavy atom. The monoisotopic (exact) mass is 539 g/mol. The molecule has 0 saturated heterocycles. The van der Waals surface area contributed by atoms with E-state index in [0.717, 1.165) is 10.4 Å². The number of ether oxygens (including phenoxy) is 2. The number of nitro benzene ring substituents is 1. The first-order valence-corrected chi connectivity index (χ1v) is 13.2. The summed E-state index contributed by atoms with van der Waals surface area (Å²) in [6.45, 7) is 4.63. The molecular formula is C28H33N3O6S. The zero-order chi connectivity index (χ0) is 27.7. The molecule has 0 spiro atoms. The molecule has 3 aromatic rings. The van der Waals surface area contributed by atoms with E-state index in [2.05, 4.69) is 0 Å². The van der Waals surface area contributed by atoms with E-state index in [9.17, 15) is 19.7 Å². The van der Waals surface area contributed by atoms with Gasteiger partial charge in [-0.3, -0.25) is 19.7 Å². The third kappa shape index (κ3) is 7.32. The van der Waals surface area contributed by atoms with Crippen molar-refractivity contribution in [3.8, 4) is 11.5 Å². The molecule has 0 fully saturated rings. The lowest BCUT2D eigenvalue weighted by atomic mass is 10.1. The van der Waals surface area contributed by atoms with Gasteiger partial charge in [-0.15, -0.1) is 11.3 Å². The second-order valence-corrected chi connectivity index (χ2v) is 9.86. The lowest BCUT2D eigenvalue weighted by Gasteiger charge is -2.31. The van der Waals surface area contributed by atoms with Crippen molar-refractivity contribution in [3.05, 3.63) is 86.1 Å². The number of non-ortho nitro benzene ring substituents is 1. The number of carbonyl (C=O) groups is 2. The SMILES string of the molecule is CCC(C)N(CC(=O)N(CCc1ccc(OC)c(OC)c1)Cc1cccs1)C(=O)c1ccc([N+](=O)[O-])cc1. The van der Waals surface area contributed by atoms with Crippen molar-refractivity contribution < 1.29 is 24.0 Å². The van der Waals surface area contributed by atoms with Crippen LogP contribution in [0.15, 0.2) is 60.0 Å². The number of carbonyl (C=O) groups excluding carboxylic acids is 2. The number of thiophene rings is 1. The molecule has 0 aliphatic rings. The Morgan fingerprint density at radius 3 is 2.34 bits per heavy atom. The maximum absolute atomic E-state index is 13.6. The van der Waals surface area contributed by atoms with Gasteiger partial charge >= 0.3 is 0 Å². The van der Waals surface area contributed by atoms with Crippen LogP contribution in [-0.4, -0.2) is 59.9 Å². The molecule has 2 aromatic carbocycles. The van der Waals surface area contributed by atoms with E-state index < -0.39 is 4.92 Å². The zero-order valence-corrected chi connectivity index (χ0v) is 22.9. The van der Waals surface area contributed by atoms with Gasteiger partial charge in [-0.25, -0.2) is 0 Å². The third-order valence-corrected chi connectivity index (χ3v) is 7.27. The Kier molecular flexibility index (Phi) is 10.2. The Labute approximate surface area is 226 Å². The van der Waals surface area contributed by atoms with E-state index in [4.69, 9.17) is 9.47 Å². The number of benzene rings is 2. The van der Waals surface area contributed by atoms with Gasteiger partial charge in [0.2, 0.25) is 5.91 Å². The van der Waals surface area contributed by atoms with Crippen molar-refractivity contribution in [3.63, 3.8) is 0 Å². The quantitative estimate of drug-likeness (QED) is 0.219. The van der Waals surface area contributed by atoms with Gasteiger partial charge in [-0.2, -0.15) is 0 Å². The van der Waals surface area contributed by atoms with E-state index in [1.165, 1.54) is 24.3 Å². The molecule has 3 rings (SSSR count). The second kappa shape index (κ2) is 13.6. The molecule has 0 bridgehead atoms. The van der Waals surface area contributed by atoms with Crippen LogP contribution in [0.5, 0.6) is 11.5 Å². The molecule has 1 aromatic heterocycles. The van der Waals surface area contributed by atoms with Crippen molar-refractivity contribution >= 4 is 28.8 Å². The molecule has 202 valence electrons. The molecule has 1 heterocycles. The average Bonchev–Trinajstić information content (AvgIpc) is 3.46. The number of hydrogen-bond acceptors (Lipinski definition) is 7. The Bertz CT molecular complexity index is 1230. The van der Waals surface area contributed by atoms with Crippen molar-refractivity contribution in [2.75, 3.05) is 27.3 Å². The topological polar surface area (TPSA) is 102 Å². The Balaban J connectivity index is 1.80. The number of amides is 2. The Hall–Kier alpha value is -3.92. The van der Waals surface area contributed by atoms with E-state index >= 15 is 0 Å². The first-order chi connectivity index (χ1) is 18.3. The molecule has 0 aliphatic carbocycles. The lowest BCUT2D eigenvalue weighted by Crippen LogP contribution is -2.46. The van der Waals surface area contributed by atoms with Gasteiger partial charge in [-0.1, -0.05) is 19.1 Å². The highest BCUT2D eigenvalue weighted by molar-refractivity contribution is 7.09. The van der Waals surface area contributed by atoms with Crippen molar-refractivity contribution in [1.29, 1.82) is 0 Å². The molecule has 9 nitrogen and oxygen atoms in total. The number of methoxy groups -OCH3 is 2. The van der Waals surface area contributed by atoms with Gasteiger partial charge < -0.3 is 19.3 Å². The molecule has 0 saturated carbocycles. The molecule has 0 aliphatic heterocycles. The minimum atomic E-state index is -0.509. The van der Waals surface area contributed by atoms with Crippen LogP contribution in [0, 0.1) is 10.1 Å². The van der Waals surface area contributed by atoms with Crippen molar-refractivity contribution in [2.45, 2.75) is 39.3 Å². The summed E-state index contributed by atoms with van der Waals surface area (Å²) in [6.07, 6.45) is 1.25. The van der Waals surface area contributed by atoms with Crippen LogP contribution in [0.4, 0.5) is 5.69 Å². The summed E-state index contributed by atoms with van der Waals surface area (Å²) in [6, 6.07) is 14.9. The zero-order valence-electron chi connectivity index (χ0n) is 22.1. The molecule has 1 unspecified atom stereocenters. The van der Waals surface area contributed by atoms with Gasteiger partial charge in [0.05, 0.1) is 25.7 Å². The fourth-order valence-electron chi connectivity index (χ4n) is 3.97. The van der Waals surface area contributed by atoms with Gasteiger partial charge in [-0.05, 0) is 61.0 Å². The predicted octanol–water partition coefficient (Wildman–Crippen LogP) is 5.19. The summed E-state index contributed by atoms with van der Waals surface area (Å²) in [7, 11) is 3.17. The van der Waals surface area contributed by atoms with Gasteiger partial charge in [0, 0.05) is 35.2 Å². The summed E-state index contributed by atoms with van der Waals surface area (Å²) in [5, 5.41) is 13.0. The highest BCUT2D eigenvalue weighted by atomic mass is 32.1. The van der Waals surface area contributed by atoms with Crippen molar-refractivity contribution in [2.24, 2.45) is 0 Å². The summed E-state index contributed by atoms with van der Waals surface area (Å²) >= 11 is 1.57. The average molecular weight is 540 g/mol. The van der Waals surface area contributed by atoms with Crippen molar-refractivity contribution in [1.82, 2.24) is 9.80 Å². The van der Waals surface area contributed by atoms with Crippen LogP contribution in [0.2, 0.25) is 0 Å². The van der Waals surface area contributed by atoms with Gasteiger partial charge in [0.1, 0.15) is 6.54 Å². The number of nitro groups is 1. The van der Waals surface area contributed by atoms with E-state index in [0.29, 0.717) is 43.0 Å². The van der Waals surface area contributed by atoms with Crippen LogP contribution in [0.25, 0.3) is 0 Å². The lowest BCUT2D eigenvalue weighted by molar-refractivity contribution is -0.384. The van der Waals surface area contributed by atoms with Crippen LogP contribution in [-0.2, 0) is 17.8 Å². The van der Waals surface area contributed by atoms with E-state index in [1.54, 1.807) is 35.4 Å². The van der Waals surface area contributed by atoms with Crippen LogP contribution in [0.3, 0.4) is 0 Å². The number of nitrogens with zero attached hydrogens (tertiary/aromatic N) is 3. The molecule has 0 radical (unpaired) electrons. The minimum Gasteiger partial charge on any atom is -0.493 e. The smallest absolute Gasteiger partial charge is 0.269 e. The first-order valence-electron chi connectivity index (χ1n) is 12.3. The summed E-state index contributed by atoms with van der Waals surface area (Å²) in [5.41, 5.74) is 1.20. The standard InChI is InChI=1S/C28H33N3O6S/c1-5-20(2)30(28(33)22-9-11-23(12-10-22)31(34)35)19-27(32)29(18-24-7-6-16-38-24)15-14-21-8-13-25(36-3)26(17-21)37-4/h6-13,16-17,20H,5,14-15,18-19H2,1-4H3. The maximum Gasteiger partial charge on any atom is 0.269 e. The van der Waals surface area contributed by atoms with E-state index in [1.807, 2.05) is 49.6 Å². The van der Waals surface area contributed by atoms with Gasteiger partial charge in [0.25, 0.3) is 11.6 Å². The highest BCUT2D eigenvalue weighted by Crippen LogP contribution is 2.28. The van der Waals surface area contributed by atoms with Crippen LogP contribution in [0.1, 0.15) is 41.1 Å².